The van der Waals surface area contributed by atoms with Crippen LogP contribution in [0.1, 0.15) is 54.4 Å². The molecule has 52 heavy (non-hydrogen) atoms. The van der Waals surface area contributed by atoms with E-state index in [1.54, 1.807) is 36.4 Å². The summed E-state index contributed by atoms with van der Waals surface area (Å²) < 4.78 is 0. The first-order valence-electron chi connectivity index (χ1n) is 16.7. The van der Waals surface area contributed by atoms with Crippen LogP contribution in [0.4, 0.5) is 0 Å². The zero-order chi connectivity index (χ0) is 36.8. The molecule has 1 amide bonds. The summed E-state index contributed by atoms with van der Waals surface area (Å²) in [5.74, 6) is 0.0161. The van der Waals surface area contributed by atoms with Crippen LogP contribution >= 0.6 is 0 Å². The van der Waals surface area contributed by atoms with Crippen LogP contribution in [0.3, 0.4) is 0 Å². The summed E-state index contributed by atoms with van der Waals surface area (Å²) >= 11 is 0. The molecule has 0 spiro atoms. The van der Waals surface area contributed by atoms with Gasteiger partial charge in [-0.1, -0.05) is 24.3 Å². The largest absolute Gasteiger partial charge is 0.478 e. The molecule has 4 aromatic carbocycles. The third-order valence-corrected chi connectivity index (χ3v) is 9.42. The number of nitrogens with one attached hydrogen (secondary N) is 4. The lowest BCUT2D eigenvalue weighted by Gasteiger charge is -2.04. The minimum absolute atomic E-state index is 0.256. The topological polar surface area (TPSA) is 195 Å². The van der Waals surface area contributed by atoms with E-state index in [0.29, 0.717) is 17.2 Å². The van der Waals surface area contributed by atoms with Crippen molar-refractivity contribution in [2.45, 2.75) is 41.5 Å². The molecule has 8 rings (SSSR count). The Bertz CT molecular complexity index is 2380. The van der Waals surface area contributed by atoms with Gasteiger partial charge in [0.1, 0.15) is 11.4 Å². The minimum Gasteiger partial charge on any atom is -0.478 e. The normalized spacial score (nSPS) is 11.2. The number of carbonyl (C=O) groups excluding carboxylic acids is 1. The average Bonchev–Trinajstić information content (AvgIpc) is 3.90. The van der Waals surface area contributed by atoms with E-state index in [2.05, 4.69) is 82.3 Å². The van der Waals surface area contributed by atoms with Crippen LogP contribution in [0.25, 0.3) is 67.4 Å². The molecule has 0 atom stereocenters. The summed E-state index contributed by atoms with van der Waals surface area (Å²) in [5.41, 5.74) is 21.7. The number of primary amides is 1. The summed E-state index contributed by atoms with van der Waals surface area (Å²) in [7, 11) is 0. The van der Waals surface area contributed by atoms with Crippen molar-refractivity contribution in [2.75, 3.05) is 0 Å². The molecule has 0 unspecified atom stereocenters. The maximum atomic E-state index is 11.3. The number of hydrogen-bond donors (Lipinski definition) is 6. The second kappa shape index (κ2) is 13.1. The molecule has 7 N–H and O–H groups in total. The van der Waals surface area contributed by atoms with Crippen molar-refractivity contribution in [2.24, 2.45) is 5.73 Å². The second-order valence-corrected chi connectivity index (χ2v) is 13.0. The van der Waals surface area contributed by atoms with Gasteiger partial charge in [0, 0.05) is 28.1 Å². The molecule has 0 aliphatic carbocycles. The highest BCUT2D eigenvalue weighted by molar-refractivity contribution is 5.94. The van der Waals surface area contributed by atoms with Crippen molar-refractivity contribution in [1.82, 2.24) is 40.3 Å². The summed E-state index contributed by atoms with van der Waals surface area (Å²) in [6, 6.07) is 22.3. The van der Waals surface area contributed by atoms with Crippen LogP contribution in [0.2, 0.25) is 0 Å². The van der Waals surface area contributed by atoms with E-state index >= 15 is 0 Å². The number of aromatic nitrogens is 8. The number of aromatic amines is 4. The van der Waals surface area contributed by atoms with Gasteiger partial charge in [0.2, 0.25) is 5.91 Å². The molecule has 0 saturated heterocycles. The number of nitrogens with zero attached hydrogens (tertiary/aromatic N) is 4. The Labute approximate surface area is 298 Å². The average molecular weight is 692 g/mol. The Balaban J connectivity index is 0.000000162. The van der Waals surface area contributed by atoms with Gasteiger partial charge in [-0.05, 0) is 123 Å². The first kappa shape index (κ1) is 33.7. The molecule has 0 aliphatic heterocycles. The lowest BCUT2D eigenvalue weighted by Crippen LogP contribution is -2.10. The van der Waals surface area contributed by atoms with Crippen molar-refractivity contribution >= 4 is 33.9 Å². The molecule has 4 heterocycles. The Kier molecular flexibility index (Phi) is 8.51. The number of fused-ring (bicyclic) bond motifs is 2. The summed E-state index contributed by atoms with van der Waals surface area (Å²) in [5, 5.41) is 24.0. The molecule has 4 aromatic heterocycles. The number of imidazole rings is 2. The fraction of sp³-hybridized carbons (Fsp3) is 0.150. The molecule has 0 saturated carbocycles. The van der Waals surface area contributed by atoms with Crippen LogP contribution < -0.4 is 5.73 Å². The maximum absolute atomic E-state index is 11.3. The van der Waals surface area contributed by atoms with E-state index in [1.807, 2.05) is 26.0 Å². The van der Waals surface area contributed by atoms with Crippen molar-refractivity contribution in [3.63, 3.8) is 0 Å². The lowest BCUT2D eigenvalue weighted by atomic mass is 10.0. The van der Waals surface area contributed by atoms with E-state index in [0.717, 1.165) is 67.1 Å². The first-order valence-corrected chi connectivity index (χ1v) is 16.7. The van der Waals surface area contributed by atoms with Crippen molar-refractivity contribution in [1.29, 1.82) is 0 Å². The van der Waals surface area contributed by atoms with E-state index in [9.17, 15) is 9.59 Å². The highest BCUT2D eigenvalue weighted by Crippen LogP contribution is 2.34. The fourth-order valence-corrected chi connectivity index (χ4v) is 6.25. The SMILES string of the molecule is Cc1cc2nc(-c3n[nH]c(C)c3-c3ccc(C(=O)O)cc3)[nH]c2cc1C.Cc1cc2nc(-c3n[nH]c(C)c3-c3ccc(C(N)=O)cc3)[nH]c2cc1C. The molecule has 260 valence electrons. The quantitative estimate of drug-likeness (QED) is 0.102. The predicted molar refractivity (Wildman–Crippen MR) is 202 cm³/mol. The van der Waals surface area contributed by atoms with Crippen LogP contribution in [0.15, 0.2) is 72.8 Å². The number of carbonyl (C=O) groups is 2. The number of hydrogen-bond acceptors (Lipinski definition) is 6. The van der Waals surface area contributed by atoms with E-state index in [1.165, 1.54) is 22.3 Å². The Hall–Kier alpha value is -6.82. The minimum atomic E-state index is -0.941. The van der Waals surface area contributed by atoms with Gasteiger partial charge in [-0.25, -0.2) is 14.8 Å². The van der Waals surface area contributed by atoms with Crippen LogP contribution in [-0.2, 0) is 0 Å². The van der Waals surface area contributed by atoms with Gasteiger partial charge in [0.05, 0.1) is 27.6 Å². The summed E-state index contributed by atoms with van der Waals surface area (Å²) in [6.45, 7) is 12.2. The van der Waals surface area contributed by atoms with Gasteiger partial charge in [-0.3, -0.25) is 15.0 Å². The van der Waals surface area contributed by atoms with Gasteiger partial charge >= 0.3 is 5.97 Å². The van der Waals surface area contributed by atoms with E-state index in [4.69, 9.17) is 20.8 Å². The van der Waals surface area contributed by atoms with E-state index < -0.39 is 11.9 Å². The predicted octanol–water partition coefficient (Wildman–Crippen LogP) is 7.89. The number of amides is 1. The zero-order valence-electron chi connectivity index (χ0n) is 29.6. The fourth-order valence-electron chi connectivity index (χ4n) is 6.25. The van der Waals surface area contributed by atoms with Gasteiger partial charge in [0.25, 0.3) is 0 Å². The number of carboxylic acid groups (broad SMARTS) is 1. The van der Waals surface area contributed by atoms with Crippen molar-refractivity contribution in [3.8, 4) is 45.3 Å². The third kappa shape index (κ3) is 6.22. The number of nitrogens with two attached hydrogens (primary N) is 1. The third-order valence-electron chi connectivity index (χ3n) is 9.42. The first-order chi connectivity index (χ1) is 24.9. The molecule has 12 nitrogen and oxygen atoms in total. The Morgan fingerprint density at radius 1 is 0.577 bits per heavy atom. The van der Waals surface area contributed by atoms with Crippen LogP contribution in [0.5, 0.6) is 0 Å². The summed E-state index contributed by atoms with van der Waals surface area (Å²) in [6.07, 6.45) is 0. The van der Waals surface area contributed by atoms with Gasteiger partial charge in [-0.15, -0.1) is 0 Å². The Morgan fingerprint density at radius 2 is 0.962 bits per heavy atom. The molecular formula is C40H37N9O3. The number of benzene rings is 4. The monoisotopic (exact) mass is 691 g/mol. The number of H-pyrrole nitrogens is 4. The molecular weight excluding hydrogens is 654 g/mol. The zero-order valence-corrected chi connectivity index (χ0v) is 29.6. The standard InChI is InChI=1S/C20H19N5O.C20H18N4O2/c1-10-8-15-16(9-11(10)2)23-20(22-15)18-17(12(3)24-25-18)13-4-6-14(7-5-13)19(21)26;1-10-8-15-16(9-11(10)2)22-19(21-15)18-17(12(3)23-24-18)13-4-6-14(7-5-13)20(25)26/h4-9H,1-3H3,(H2,21,26)(H,22,23)(H,24,25);4-9H,1-3H3,(H,21,22)(H,23,24)(H,25,26). The van der Waals surface area contributed by atoms with Crippen LogP contribution in [-0.4, -0.2) is 57.3 Å². The molecule has 0 radical (unpaired) electrons. The van der Waals surface area contributed by atoms with Gasteiger partial charge < -0.3 is 20.8 Å². The second-order valence-electron chi connectivity index (χ2n) is 13.0. The van der Waals surface area contributed by atoms with E-state index in [-0.39, 0.29) is 5.56 Å². The molecule has 12 heteroatoms. The number of rotatable bonds is 6. The van der Waals surface area contributed by atoms with Crippen molar-refractivity contribution in [3.05, 3.63) is 118 Å². The molecule has 0 bridgehead atoms. The molecule has 8 aromatic rings. The highest BCUT2D eigenvalue weighted by atomic mass is 16.4. The van der Waals surface area contributed by atoms with Gasteiger partial charge in [-0.2, -0.15) is 10.2 Å². The molecule has 0 aliphatic rings. The smallest absolute Gasteiger partial charge is 0.335 e. The summed E-state index contributed by atoms with van der Waals surface area (Å²) in [4.78, 5) is 38.5. The van der Waals surface area contributed by atoms with Crippen LogP contribution in [0, 0.1) is 41.5 Å². The lowest BCUT2D eigenvalue weighted by molar-refractivity contribution is 0.0696. The number of carboxylic acids is 1. The Morgan fingerprint density at radius 3 is 1.35 bits per heavy atom. The number of aromatic carboxylic acids is 1. The number of aryl methyl sites for hydroxylation is 6. The van der Waals surface area contributed by atoms with Gasteiger partial charge in [0.15, 0.2) is 11.6 Å². The highest BCUT2D eigenvalue weighted by Gasteiger charge is 2.20. The molecule has 0 fully saturated rings. The maximum Gasteiger partial charge on any atom is 0.335 e. The van der Waals surface area contributed by atoms with Crippen molar-refractivity contribution < 1.29 is 14.7 Å².